The van der Waals surface area contributed by atoms with E-state index < -0.39 is 14.1 Å². The molecule has 0 saturated carbocycles. The summed E-state index contributed by atoms with van der Waals surface area (Å²) in [6.45, 7) is 0. The highest BCUT2D eigenvalue weighted by molar-refractivity contribution is 7.28. The van der Waals surface area contributed by atoms with Crippen molar-refractivity contribution < 1.29 is 15.7 Å². The molecule has 0 N–H and O–H groups in total. The molecule has 0 radical (unpaired) electrons. The highest BCUT2D eigenvalue weighted by Gasteiger charge is 2.50. The SMILES string of the molecule is [2H]c1c([2H])c([2H])c(-c2nc(-c3cccc4c3-c3ccccc3[Si]4(c3ccccc3)c3ccccc3)nc3c2sc2ccccc23)c([2H])c1[2H].c1ccc(N(c2ccccc2)c2cccc3oc4ccc(-c5nc(-c6cccc(-c7cccc8c7sc7ccccc78)c6)c6oc7ccccc7c6n5)cc4c23)cc1.c1ccc2cc(-c3nc(-c4cc5ccccc5c5sc6c7ccccc7ccc6c45)nc4c3sc3ccccc34)ccc2c1. The van der Waals surface area contributed by atoms with E-state index in [1.54, 1.807) is 11.3 Å². The molecule has 146 heavy (non-hydrogen) atoms. The Morgan fingerprint density at radius 2 is 0.747 bits per heavy atom. The maximum absolute atomic E-state index is 8.90. The molecule has 0 fully saturated rings. The van der Waals surface area contributed by atoms with Crippen molar-refractivity contribution in [2.75, 3.05) is 4.90 Å². The molecule has 0 unspecified atom stereocenters. The second-order valence-corrected chi connectivity index (χ2v) is 44.7. The molecule has 0 atom stereocenters. The first kappa shape index (κ1) is 79.8. The van der Waals surface area contributed by atoms with Gasteiger partial charge in [0.25, 0.3) is 0 Å². The molecule has 1 aliphatic rings. The summed E-state index contributed by atoms with van der Waals surface area (Å²) in [5.74, 6) is 1.84. The summed E-state index contributed by atoms with van der Waals surface area (Å²) in [4.78, 5) is 34.1. The zero-order valence-electron chi connectivity index (χ0n) is 82.8. The van der Waals surface area contributed by atoms with E-state index in [4.69, 9.17) is 45.6 Å². The lowest BCUT2D eigenvalue weighted by Gasteiger charge is -2.31. The van der Waals surface area contributed by atoms with E-state index in [1.807, 2.05) is 89.4 Å². The van der Waals surface area contributed by atoms with Crippen molar-refractivity contribution in [2.24, 2.45) is 0 Å². The van der Waals surface area contributed by atoms with E-state index in [9.17, 15) is 0 Å². The van der Waals surface area contributed by atoms with Gasteiger partial charge in [-0.25, -0.2) is 29.9 Å². The van der Waals surface area contributed by atoms with Crippen LogP contribution in [0.15, 0.2) is 488 Å². The fourth-order valence-corrected chi connectivity index (χ4v) is 32.3. The van der Waals surface area contributed by atoms with E-state index in [2.05, 4.69) is 387 Å². The molecular formula is C132H79N7O2S4Si. The molecule has 30 aromatic rings. The van der Waals surface area contributed by atoms with Crippen LogP contribution in [-0.4, -0.2) is 38.0 Å². The van der Waals surface area contributed by atoms with Crippen LogP contribution in [0.25, 0.3) is 247 Å². The van der Waals surface area contributed by atoms with Crippen molar-refractivity contribution in [3.05, 3.63) is 479 Å². The van der Waals surface area contributed by atoms with Crippen molar-refractivity contribution in [3.63, 3.8) is 0 Å². The van der Waals surface area contributed by atoms with E-state index in [0.29, 0.717) is 33.1 Å². The van der Waals surface area contributed by atoms with Crippen LogP contribution in [0.3, 0.4) is 0 Å². The molecule has 1 aliphatic heterocycles. The highest BCUT2D eigenvalue weighted by atomic mass is 32.1. The predicted octanol–water partition coefficient (Wildman–Crippen LogP) is 34.7. The molecule has 31 rings (SSSR count). The van der Waals surface area contributed by atoms with Crippen LogP contribution in [-0.2, 0) is 0 Å². The second kappa shape index (κ2) is 34.8. The fourth-order valence-electron chi connectivity index (χ4n) is 22.1. The molecule has 10 heterocycles. The minimum Gasteiger partial charge on any atom is -0.456 e. The van der Waals surface area contributed by atoms with E-state index in [0.717, 1.165) is 138 Å². The number of aromatic nitrogens is 6. The van der Waals surface area contributed by atoms with Crippen molar-refractivity contribution in [1.29, 1.82) is 0 Å². The smallest absolute Gasteiger partial charge is 0.180 e. The monoisotopic (exact) mass is 1950 g/mol. The number of fused-ring (bicyclic) bond motifs is 26. The summed E-state index contributed by atoms with van der Waals surface area (Å²) in [5.41, 5.74) is 20.3. The van der Waals surface area contributed by atoms with E-state index >= 15 is 0 Å². The van der Waals surface area contributed by atoms with Gasteiger partial charge in [0, 0.05) is 116 Å². The molecule has 21 aromatic carbocycles. The number of anilines is 3. The quantitative estimate of drug-likeness (QED) is 0.111. The van der Waals surface area contributed by atoms with Crippen LogP contribution in [0.2, 0.25) is 0 Å². The van der Waals surface area contributed by atoms with Crippen LogP contribution in [0.1, 0.15) is 6.85 Å². The van der Waals surface area contributed by atoms with Crippen LogP contribution >= 0.6 is 45.3 Å². The number of rotatable bonds is 12. The van der Waals surface area contributed by atoms with Gasteiger partial charge in [-0.2, -0.15) is 0 Å². The van der Waals surface area contributed by atoms with Crippen LogP contribution in [0, 0.1) is 0 Å². The normalized spacial score (nSPS) is 12.8. The molecular weight excluding hydrogens is 1870 g/mol. The standard InChI is InChI=1S/C52H31N3O2S.C40H22N2S2.C40H26N2SSi/c1-3-16-35(17-4-1)55(36-18-5-2-6-19-36)42-24-13-26-45-47(42)41-31-34(28-29-44(41)56-45)52-53-48(50-49(54-52)40-21-7-9-25-43(40)57-50)33-15-11-14-32(30-33)37-22-12-23-39-38-20-8-10-27-46(38)58-51(37)39;1-2-11-25-21-27(18-17-23(25)9-1)35-39-36(30-15-7-8-16-33(30)43-39)42-40(41-35)32-22-26-12-4-6-14-29(26)38-34(32)31-20-19-24-10-3-5-13-28(24)37(31)44-38;1-4-15-27(16-5-1)37-39-38(30-21-10-12-24-33(30)43-39)42-40(41-37)32-23-14-26-35-36(32)31-22-11-13-25-34(31)44(35,28-17-6-2-7-18-28)29-19-8-3-9-20-29/h1-31H;1-22H;1-26H/i;;1D,4D,5D,15D,16D. The number of para-hydroxylation sites is 3. The number of benzene rings is 21. The van der Waals surface area contributed by atoms with Gasteiger partial charge in [-0.05, 0) is 178 Å². The zero-order valence-corrected chi connectivity index (χ0v) is 82.1. The third-order valence-corrected chi connectivity index (χ3v) is 38.3. The number of furan rings is 2. The predicted molar refractivity (Wildman–Crippen MR) is 620 cm³/mol. The third kappa shape index (κ3) is 13.9. The van der Waals surface area contributed by atoms with Crippen molar-refractivity contribution in [2.45, 2.75) is 0 Å². The average Bonchev–Trinajstić information content (AvgIpc) is 1.53. The molecule has 0 saturated heterocycles. The van der Waals surface area contributed by atoms with Gasteiger partial charge in [-0.1, -0.05) is 376 Å². The average molecular weight is 1960 g/mol. The van der Waals surface area contributed by atoms with Crippen molar-refractivity contribution >= 4 is 249 Å². The molecule has 0 amide bonds. The van der Waals surface area contributed by atoms with Gasteiger partial charge in [-0.15, -0.1) is 45.3 Å². The Morgan fingerprint density at radius 1 is 0.247 bits per heavy atom. The summed E-state index contributed by atoms with van der Waals surface area (Å²) in [7, 11) is -2.78. The summed E-state index contributed by atoms with van der Waals surface area (Å²) >= 11 is 6.98. The topological polar surface area (TPSA) is 107 Å². The van der Waals surface area contributed by atoms with Crippen molar-refractivity contribution in [1.82, 2.24) is 29.9 Å². The second-order valence-electron chi connectivity index (χ2n) is 36.8. The lowest BCUT2D eigenvalue weighted by molar-refractivity contribution is 0.667. The molecule has 9 nitrogen and oxygen atoms in total. The van der Waals surface area contributed by atoms with Gasteiger partial charge in [0.1, 0.15) is 28.0 Å². The minimum absolute atomic E-state index is 0.0801. The molecule has 9 aromatic heterocycles. The van der Waals surface area contributed by atoms with Crippen molar-refractivity contribution in [3.8, 4) is 90.2 Å². The Hall–Kier alpha value is -17.9. The first-order chi connectivity index (χ1) is 74.5. The van der Waals surface area contributed by atoms with Gasteiger partial charge >= 0.3 is 0 Å². The third-order valence-electron chi connectivity index (χ3n) is 28.6. The van der Waals surface area contributed by atoms with E-state index in [1.165, 1.54) is 120 Å². The summed E-state index contributed by atoms with van der Waals surface area (Å²) < 4.78 is 65.3. The Bertz CT molecular complexity index is 10800. The molecule has 0 aliphatic carbocycles. The Labute approximate surface area is 861 Å². The van der Waals surface area contributed by atoms with Gasteiger partial charge in [0.15, 0.2) is 31.1 Å². The van der Waals surface area contributed by atoms with Gasteiger partial charge in [0.2, 0.25) is 0 Å². The number of nitrogens with zero attached hydrogens (tertiary/aromatic N) is 7. The zero-order chi connectivity index (χ0) is 100. The summed E-state index contributed by atoms with van der Waals surface area (Å²) in [6, 6.07) is 156. The Kier molecular flexibility index (Phi) is 19.0. The largest absolute Gasteiger partial charge is 0.456 e. The number of hydrogen-bond acceptors (Lipinski definition) is 13. The summed E-state index contributed by atoms with van der Waals surface area (Å²) in [5, 5.41) is 22.7. The molecule has 0 bridgehead atoms. The van der Waals surface area contributed by atoms with E-state index in [-0.39, 0.29) is 29.7 Å². The summed E-state index contributed by atoms with van der Waals surface area (Å²) in [6.07, 6.45) is 0. The van der Waals surface area contributed by atoms with Gasteiger partial charge in [-0.3, -0.25) is 0 Å². The lowest BCUT2D eigenvalue weighted by atomic mass is 9.98. The molecule has 682 valence electrons. The minimum atomic E-state index is -2.78. The first-order valence-electron chi connectivity index (χ1n) is 51.1. The maximum atomic E-state index is 8.90. The lowest BCUT2D eigenvalue weighted by Crippen LogP contribution is -2.72. The van der Waals surface area contributed by atoms with Gasteiger partial charge in [0.05, 0.1) is 49.7 Å². The first-order valence-corrected chi connectivity index (χ1v) is 53.8. The Balaban J connectivity index is 0.000000107. The number of hydrogen-bond donors (Lipinski definition) is 0. The van der Waals surface area contributed by atoms with Crippen LogP contribution in [0.4, 0.5) is 17.1 Å². The van der Waals surface area contributed by atoms with Crippen LogP contribution < -0.4 is 25.6 Å². The van der Waals surface area contributed by atoms with Gasteiger partial charge < -0.3 is 13.7 Å². The highest BCUT2D eigenvalue weighted by Crippen LogP contribution is 2.52. The Morgan fingerprint density at radius 3 is 1.47 bits per heavy atom. The number of thiophene rings is 4. The molecule has 0 spiro atoms. The molecule has 14 heteroatoms. The van der Waals surface area contributed by atoms with Crippen LogP contribution in [0.5, 0.6) is 0 Å². The maximum Gasteiger partial charge on any atom is 0.180 e. The fraction of sp³-hybridized carbons (Fsp3) is 0.